The van der Waals surface area contributed by atoms with E-state index >= 15 is 0 Å². The van der Waals surface area contributed by atoms with E-state index in [4.69, 9.17) is 10.5 Å². The Hall–Kier alpha value is -1.07. The second-order valence-electron chi connectivity index (χ2n) is 4.59. The Labute approximate surface area is 105 Å². The van der Waals surface area contributed by atoms with Crippen LogP contribution in [0.25, 0.3) is 0 Å². The molecule has 0 saturated heterocycles. The number of hydrogen-bond acceptors (Lipinski definition) is 2. The summed E-state index contributed by atoms with van der Waals surface area (Å²) in [4.78, 5) is 0. The van der Waals surface area contributed by atoms with E-state index < -0.39 is 17.8 Å². The lowest BCUT2D eigenvalue weighted by Gasteiger charge is -2.26. The Morgan fingerprint density at radius 1 is 1.22 bits per heavy atom. The third-order valence-electron chi connectivity index (χ3n) is 2.88. The second-order valence-corrected chi connectivity index (χ2v) is 4.59. The molecule has 0 aromatic heterocycles. The van der Waals surface area contributed by atoms with Crippen LogP contribution >= 0.6 is 0 Å². The molecule has 0 aliphatic rings. The summed E-state index contributed by atoms with van der Waals surface area (Å²) in [5, 5.41) is 0. The number of benzene rings is 1. The van der Waals surface area contributed by atoms with Gasteiger partial charge in [0.1, 0.15) is 0 Å². The van der Waals surface area contributed by atoms with Crippen LogP contribution in [-0.4, -0.2) is 13.2 Å². The van der Waals surface area contributed by atoms with Crippen LogP contribution in [0.3, 0.4) is 0 Å². The summed E-state index contributed by atoms with van der Waals surface area (Å²) in [6, 6.07) is 4.50. The van der Waals surface area contributed by atoms with E-state index in [2.05, 4.69) is 0 Å². The lowest BCUT2D eigenvalue weighted by molar-refractivity contribution is -0.137. The Morgan fingerprint density at radius 2 is 1.83 bits per heavy atom. The molecule has 0 spiro atoms. The van der Waals surface area contributed by atoms with Crippen LogP contribution in [0.1, 0.15) is 31.0 Å². The van der Waals surface area contributed by atoms with Gasteiger partial charge in [0.05, 0.1) is 17.7 Å². The Morgan fingerprint density at radius 3 is 2.28 bits per heavy atom. The smallest absolute Gasteiger partial charge is 0.379 e. The predicted octanol–water partition coefficient (Wildman–Crippen LogP) is 3.38. The van der Waals surface area contributed by atoms with E-state index in [1.807, 2.05) is 13.8 Å². The molecule has 2 atom stereocenters. The van der Waals surface area contributed by atoms with Gasteiger partial charge in [0, 0.05) is 7.11 Å². The highest BCUT2D eigenvalue weighted by Crippen LogP contribution is 2.31. The molecule has 18 heavy (non-hydrogen) atoms. The zero-order chi connectivity index (χ0) is 13.9. The topological polar surface area (TPSA) is 35.2 Å². The molecule has 0 heterocycles. The predicted molar refractivity (Wildman–Crippen MR) is 64.0 cm³/mol. The van der Waals surface area contributed by atoms with Gasteiger partial charge in [-0.3, -0.25) is 0 Å². The first kappa shape index (κ1) is 15.0. The van der Waals surface area contributed by atoms with E-state index in [1.54, 1.807) is 6.07 Å². The summed E-state index contributed by atoms with van der Waals surface area (Å²) in [7, 11) is 1.51. The van der Waals surface area contributed by atoms with Crippen LogP contribution in [0.4, 0.5) is 13.2 Å². The summed E-state index contributed by atoms with van der Waals surface area (Å²) in [6.07, 6.45) is -4.66. The third kappa shape index (κ3) is 3.46. The Balaban J connectivity index is 3.03. The zero-order valence-corrected chi connectivity index (χ0v) is 10.7. The maximum Gasteiger partial charge on any atom is 0.416 e. The number of ether oxygens (including phenoxy) is 1. The van der Waals surface area contributed by atoms with Crippen LogP contribution < -0.4 is 5.73 Å². The summed E-state index contributed by atoms with van der Waals surface area (Å²) in [5.74, 6) is 0.125. The molecule has 2 unspecified atom stereocenters. The quantitative estimate of drug-likeness (QED) is 0.901. The van der Waals surface area contributed by atoms with Crippen molar-refractivity contribution < 1.29 is 17.9 Å². The number of rotatable bonds is 4. The van der Waals surface area contributed by atoms with Crippen molar-refractivity contribution in [2.75, 3.05) is 7.11 Å². The fraction of sp³-hybridized carbons (Fsp3) is 0.538. The largest absolute Gasteiger partial charge is 0.416 e. The van der Waals surface area contributed by atoms with Gasteiger partial charge in [0.2, 0.25) is 0 Å². The minimum Gasteiger partial charge on any atom is -0.379 e. The van der Waals surface area contributed by atoms with Crippen LogP contribution in [0, 0.1) is 5.92 Å². The highest BCUT2D eigenvalue weighted by atomic mass is 19.4. The Bertz CT molecular complexity index is 390. The first-order chi connectivity index (χ1) is 8.27. The molecule has 0 bridgehead atoms. The lowest BCUT2D eigenvalue weighted by Crippen LogP contribution is -2.32. The minimum absolute atomic E-state index is 0.125. The molecule has 0 amide bonds. The number of methoxy groups -OCH3 is 1. The van der Waals surface area contributed by atoms with Crippen LogP contribution in [-0.2, 0) is 10.9 Å². The highest BCUT2D eigenvalue weighted by molar-refractivity contribution is 5.28. The first-order valence-corrected chi connectivity index (χ1v) is 5.73. The molecule has 0 saturated carbocycles. The summed E-state index contributed by atoms with van der Waals surface area (Å²) in [5.41, 5.74) is 5.72. The molecule has 102 valence electrons. The van der Waals surface area contributed by atoms with E-state index in [1.165, 1.54) is 13.2 Å². The fourth-order valence-corrected chi connectivity index (χ4v) is 1.95. The maximum absolute atomic E-state index is 12.6. The van der Waals surface area contributed by atoms with E-state index in [0.717, 1.165) is 12.1 Å². The summed E-state index contributed by atoms with van der Waals surface area (Å²) < 4.78 is 43.0. The van der Waals surface area contributed by atoms with Crippen LogP contribution in [0.15, 0.2) is 24.3 Å². The molecule has 1 aromatic rings. The van der Waals surface area contributed by atoms with Crippen molar-refractivity contribution in [2.45, 2.75) is 32.2 Å². The van der Waals surface area contributed by atoms with E-state index in [0.29, 0.717) is 5.56 Å². The van der Waals surface area contributed by atoms with Gasteiger partial charge in [0.15, 0.2) is 0 Å². The minimum atomic E-state index is -4.35. The number of nitrogens with two attached hydrogens (primary N) is 1. The average Bonchev–Trinajstić information content (AvgIpc) is 2.28. The molecule has 0 aliphatic carbocycles. The van der Waals surface area contributed by atoms with Crippen molar-refractivity contribution >= 4 is 0 Å². The number of halogens is 3. The molecule has 5 heteroatoms. The summed E-state index contributed by atoms with van der Waals surface area (Å²) in [6.45, 7) is 3.84. The maximum atomic E-state index is 12.6. The van der Waals surface area contributed by atoms with E-state index in [9.17, 15) is 13.2 Å². The van der Waals surface area contributed by atoms with Gasteiger partial charge in [-0.2, -0.15) is 13.2 Å². The van der Waals surface area contributed by atoms with E-state index in [-0.39, 0.29) is 12.0 Å². The van der Waals surface area contributed by atoms with Crippen molar-refractivity contribution in [3.05, 3.63) is 35.4 Å². The highest BCUT2D eigenvalue weighted by Gasteiger charge is 2.31. The third-order valence-corrected chi connectivity index (χ3v) is 2.88. The van der Waals surface area contributed by atoms with Gasteiger partial charge in [-0.1, -0.05) is 26.0 Å². The standard InChI is InChI=1S/C13H18F3NO/c1-8(2)12(18-3)11(17)9-5-4-6-10(7-9)13(14,15)16/h4-8,11-12H,17H2,1-3H3. The van der Waals surface area contributed by atoms with Gasteiger partial charge in [-0.05, 0) is 23.6 Å². The molecule has 0 radical (unpaired) electrons. The van der Waals surface area contributed by atoms with Crippen molar-refractivity contribution in [3.63, 3.8) is 0 Å². The molecule has 2 N–H and O–H groups in total. The monoisotopic (exact) mass is 261 g/mol. The summed E-state index contributed by atoms with van der Waals surface area (Å²) >= 11 is 0. The SMILES string of the molecule is COC(C(C)C)C(N)c1cccc(C(F)(F)F)c1. The molecule has 0 fully saturated rings. The fourth-order valence-electron chi connectivity index (χ4n) is 1.95. The molecule has 2 nitrogen and oxygen atoms in total. The van der Waals surface area contributed by atoms with Gasteiger partial charge in [0.25, 0.3) is 0 Å². The lowest BCUT2D eigenvalue weighted by atomic mass is 9.93. The number of alkyl halides is 3. The van der Waals surface area contributed by atoms with Crippen molar-refractivity contribution in [2.24, 2.45) is 11.7 Å². The van der Waals surface area contributed by atoms with Crippen LogP contribution in [0.5, 0.6) is 0 Å². The molecular weight excluding hydrogens is 243 g/mol. The molecular formula is C13H18F3NO. The second kappa shape index (κ2) is 5.71. The molecule has 1 aromatic carbocycles. The van der Waals surface area contributed by atoms with Crippen molar-refractivity contribution in [3.8, 4) is 0 Å². The van der Waals surface area contributed by atoms with Crippen molar-refractivity contribution in [1.82, 2.24) is 0 Å². The number of hydrogen-bond donors (Lipinski definition) is 1. The van der Waals surface area contributed by atoms with Crippen molar-refractivity contribution in [1.29, 1.82) is 0 Å². The molecule has 1 rings (SSSR count). The zero-order valence-electron chi connectivity index (χ0n) is 10.7. The average molecular weight is 261 g/mol. The van der Waals surface area contributed by atoms with Gasteiger partial charge < -0.3 is 10.5 Å². The first-order valence-electron chi connectivity index (χ1n) is 5.73. The van der Waals surface area contributed by atoms with Crippen LogP contribution in [0.2, 0.25) is 0 Å². The van der Waals surface area contributed by atoms with Gasteiger partial charge >= 0.3 is 6.18 Å². The van der Waals surface area contributed by atoms with Gasteiger partial charge in [-0.25, -0.2) is 0 Å². The van der Waals surface area contributed by atoms with Gasteiger partial charge in [-0.15, -0.1) is 0 Å². The Kier molecular flexibility index (Phi) is 4.76. The normalized spacial score (nSPS) is 15.8. The molecule has 0 aliphatic heterocycles.